The van der Waals surface area contributed by atoms with Crippen LogP contribution in [-0.4, -0.2) is 22.6 Å². The number of allylic oxidation sites excluding steroid dienone is 1. The first-order chi connectivity index (χ1) is 8.58. The van der Waals surface area contributed by atoms with Gasteiger partial charge in [0.15, 0.2) is 0 Å². The quantitative estimate of drug-likeness (QED) is 0.569. The number of aliphatic carboxylic acids is 1. The van der Waals surface area contributed by atoms with Crippen LogP contribution < -0.4 is 0 Å². The fourth-order valence-corrected chi connectivity index (χ4v) is 2.11. The molecule has 0 rings (SSSR count). The van der Waals surface area contributed by atoms with Crippen molar-refractivity contribution < 1.29 is 19.4 Å². The Morgan fingerprint density at radius 1 is 1.32 bits per heavy atom. The van der Waals surface area contributed by atoms with Gasteiger partial charge in [-0.3, -0.25) is 9.59 Å². The van der Waals surface area contributed by atoms with E-state index in [2.05, 4.69) is 6.58 Å². The Labute approximate surface area is 115 Å². The summed E-state index contributed by atoms with van der Waals surface area (Å²) in [5.74, 6) is -2.14. The van der Waals surface area contributed by atoms with Crippen molar-refractivity contribution in [3.05, 3.63) is 12.7 Å². The Kier molecular flexibility index (Phi) is 6.27. The summed E-state index contributed by atoms with van der Waals surface area (Å²) in [7, 11) is 0. The largest absolute Gasteiger partial charge is 0.481 e. The van der Waals surface area contributed by atoms with E-state index in [0.717, 1.165) is 0 Å². The fraction of sp³-hybridized carbons (Fsp3) is 0.733. The molecule has 0 heterocycles. The van der Waals surface area contributed by atoms with Crippen LogP contribution >= 0.6 is 0 Å². The maximum atomic E-state index is 12.2. The summed E-state index contributed by atoms with van der Waals surface area (Å²) in [6, 6.07) is 0. The Bertz CT molecular complexity index is 341. The van der Waals surface area contributed by atoms with Crippen molar-refractivity contribution in [3.63, 3.8) is 0 Å². The second kappa shape index (κ2) is 6.73. The molecule has 0 aliphatic carbocycles. The Morgan fingerprint density at radius 2 is 1.84 bits per heavy atom. The summed E-state index contributed by atoms with van der Waals surface area (Å²) in [4.78, 5) is 23.8. The number of hydrogen-bond acceptors (Lipinski definition) is 3. The molecule has 0 fully saturated rings. The molecule has 0 spiro atoms. The van der Waals surface area contributed by atoms with E-state index in [1.807, 2.05) is 6.92 Å². The number of ether oxygens (including phenoxy) is 1. The predicted octanol–water partition coefficient (Wildman–Crippen LogP) is 3.41. The zero-order valence-corrected chi connectivity index (χ0v) is 12.7. The molecule has 1 N–H and O–H groups in total. The zero-order valence-electron chi connectivity index (χ0n) is 12.7. The summed E-state index contributed by atoms with van der Waals surface area (Å²) in [5, 5.41) is 9.47. The highest BCUT2D eigenvalue weighted by Gasteiger charge is 2.45. The maximum Gasteiger partial charge on any atom is 0.310 e. The first-order valence-corrected chi connectivity index (χ1v) is 6.65. The lowest BCUT2D eigenvalue weighted by atomic mass is 9.72. The van der Waals surface area contributed by atoms with Crippen molar-refractivity contribution in [2.75, 3.05) is 0 Å². The van der Waals surface area contributed by atoms with Gasteiger partial charge < -0.3 is 9.84 Å². The molecule has 19 heavy (non-hydrogen) atoms. The van der Waals surface area contributed by atoms with Crippen LogP contribution in [0.1, 0.15) is 53.9 Å². The second-order valence-electron chi connectivity index (χ2n) is 6.08. The first-order valence-electron chi connectivity index (χ1n) is 6.65. The summed E-state index contributed by atoms with van der Waals surface area (Å²) >= 11 is 0. The third-order valence-electron chi connectivity index (χ3n) is 3.12. The summed E-state index contributed by atoms with van der Waals surface area (Å²) in [5.41, 5.74) is -1.74. The van der Waals surface area contributed by atoms with Crippen molar-refractivity contribution in [1.29, 1.82) is 0 Å². The van der Waals surface area contributed by atoms with E-state index in [1.165, 1.54) is 0 Å². The topological polar surface area (TPSA) is 63.6 Å². The normalized spacial score (nSPS) is 16.3. The number of hydrogen-bond donors (Lipinski definition) is 1. The molecule has 0 aromatic carbocycles. The van der Waals surface area contributed by atoms with E-state index in [4.69, 9.17) is 4.74 Å². The highest BCUT2D eigenvalue weighted by atomic mass is 16.6. The van der Waals surface area contributed by atoms with E-state index in [-0.39, 0.29) is 0 Å². The number of carbonyl (C=O) groups is 2. The standard InChI is InChI=1S/C15H26O4/c1-7-9-11(12(16)19-14(3,4)5)15(6,10-8-2)13(17)18/h7,11H,1,8-10H2,2-6H3,(H,17,18)/t11?,15-/m1/s1. The highest BCUT2D eigenvalue weighted by molar-refractivity contribution is 5.84. The molecule has 4 nitrogen and oxygen atoms in total. The molecule has 0 saturated carbocycles. The molecule has 0 aromatic heterocycles. The molecule has 0 bridgehead atoms. The highest BCUT2D eigenvalue weighted by Crippen LogP contribution is 2.37. The summed E-state index contributed by atoms with van der Waals surface area (Å²) in [6.07, 6.45) is 3.00. The molecule has 0 aromatic rings. The van der Waals surface area contributed by atoms with E-state index in [0.29, 0.717) is 19.3 Å². The van der Waals surface area contributed by atoms with Gasteiger partial charge in [0.25, 0.3) is 0 Å². The second-order valence-corrected chi connectivity index (χ2v) is 6.08. The Morgan fingerprint density at radius 3 is 2.16 bits per heavy atom. The van der Waals surface area contributed by atoms with E-state index in [1.54, 1.807) is 33.8 Å². The first kappa shape index (κ1) is 17.7. The van der Waals surface area contributed by atoms with Gasteiger partial charge in [0.05, 0.1) is 11.3 Å². The van der Waals surface area contributed by atoms with Gasteiger partial charge in [-0.1, -0.05) is 19.4 Å². The monoisotopic (exact) mass is 270 g/mol. The van der Waals surface area contributed by atoms with Crippen LogP contribution in [0, 0.1) is 11.3 Å². The minimum Gasteiger partial charge on any atom is -0.481 e. The average molecular weight is 270 g/mol. The van der Waals surface area contributed by atoms with Crippen LogP contribution in [0.3, 0.4) is 0 Å². The zero-order chi connectivity index (χ0) is 15.3. The van der Waals surface area contributed by atoms with Crippen LogP contribution in [-0.2, 0) is 14.3 Å². The van der Waals surface area contributed by atoms with Crippen LogP contribution in [0.5, 0.6) is 0 Å². The average Bonchev–Trinajstić information content (AvgIpc) is 2.23. The number of rotatable bonds is 7. The molecule has 0 saturated heterocycles. The van der Waals surface area contributed by atoms with E-state index < -0.39 is 28.9 Å². The Hall–Kier alpha value is -1.32. The van der Waals surface area contributed by atoms with Crippen LogP contribution in [0.25, 0.3) is 0 Å². The van der Waals surface area contributed by atoms with Crippen molar-refractivity contribution in [2.45, 2.75) is 59.5 Å². The van der Waals surface area contributed by atoms with E-state index in [9.17, 15) is 14.7 Å². The number of carboxylic acids is 1. The molecule has 110 valence electrons. The van der Waals surface area contributed by atoms with Crippen LogP contribution in [0.2, 0.25) is 0 Å². The maximum absolute atomic E-state index is 12.2. The van der Waals surface area contributed by atoms with Gasteiger partial charge >= 0.3 is 11.9 Å². The Balaban J connectivity index is 5.31. The fourth-order valence-electron chi connectivity index (χ4n) is 2.11. The molecule has 0 aliphatic heterocycles. The molecule has 0 radical (unpaired) electrons. The molecular weight excluding hydrogens is 244 g/mol. The van der Waals surface area contributed by atoms with Gasteiger partial charge in [-0.05, 0) is 40.5 Å². The third kappa shape index (κ3) is 5.05. The lowest BCUT2D eigenvalue weighted by Crippen LogP contribution is -2.42. The smallest absolute Gasteiger partial charge is 0.310 e. The molecule has 2 atom stereocenters. The SMILES string of the molecule is C=CCC(C(=O)OC(C)(C)C)[C@@](C)(CCC)C(=O)O. The van der Waals surface area contributed by atoms with Gasteiger partial charge in [-0.2, -0.15) is 0 Å². The van der Waals surface area contributed by atoms with Crippen LogP contribution in [0.4, 0.5) is 0 Å². The van der Waals surface area contributed by atoms with Crippen molar-refractivity contribution >= 4 is 11.9 Å². The lowest BCUT2D eigenvalue weighted by Gasteiger charge is -2.33. The number of carbonyl (C=O) groups excluding carboxylic acids is 1. The van der Waals surface area contributed by atoms with Gasteiger partial charge in [0.2, 0.25) is 0 Å². The van der Waals surface area contributed by atoms with Crippen LogP contribution in [0.15, 0.2) is 12.7 Å². The van der Waals surface area contributed by atoms with E-state index >= 15 is 0 Å². The van der Waals surface area contributed by atoms with Crippen molar-refractivity contribution in [1.82, 2.24) is 0 Å². The minimum absolute atomic E-state index is 0.303. The number of carboxylic acid groups (broad SMARTS) is 1. The van der Waals surface area contributed by atoms with Gasteiger partial charge in [0.1, 0.15) is 5.60 Å². The summed E-state index contributed by atoms with van der Waals surface area (Å²) < 4.78 is 5.35. The predicted molar refractivity (Wildman–Crippen MR) is 74.8 cm³/mol. The van der Waals surface area contributed by atoms with Gasteiger partial charge in [-0.25, -0.2) is 0 Å². The molecular formula is C15H26O4. The number of esters is 1. The molecule has 0 aliphatic rings. The van der Waals surface area contributed by atoms with Gasteiger partial charge in [-0.15, -0.1) is 6.58 Å². The molecule has 0 amide bonds. The van der Waals surface area contributed by atoms with Crippen molar-refractivity contribution in [2.24, 2.45) is 11.3 Å². The van der Waals surface area contributed by atoms with Crippen molar-refractivity contribution in [3.8, 4) is 0 Å². The minimum atomic E-state index is -1.12. The third-order valence-corrected chi connectivity index (χ3v) is 3.12. The summed E-state index contributed by atoms with van der Waals surface area (Å²) in [6.45, 7) is 12.4. The molecule has 1 unspecified atom stereocenters. The molecule has 4 heteroatoms. The lowest BCUT2D eigenvalue weighted by molar-refractivity contribution is -0.172. The van der Waals surface area contributed by atoms with Gasteiger partial charge in [0, 0.05) is 0 Å².